The lowest BCUT2D eigenvalue weighted by Gasteiger charge is -2.11. The maximum Gasteiger partial charge on any atom is 0.338 e. The van der Waals surface area contributed by atoms with E-state index in [0.717, 1.165) is 6.07 Å². The third-order valence-corrected chi connectivity index (χ3v) is 8.19. The molecule has 0 spiro atoms. The highest BCUT2D eigenvalue weighted by Gasteiger charge is 2.26. The van der Waals surface area contributed by atoms with Crippen LogP contribution in [0.2, 0.25) is 15.1 Å². The molecule has 0 fully saturated rings. The first-order valence-electron chi connectivity index (χ1n) is 11.2. The molecule has 3 aromatic carbocycles. The lowest BCUT2D eigenvalue weighted by atomic mass is 10.1. The van der Waals surface area contributed by atoms with Crippen molar-refractivity contribution < 1.29 is 22.7 Å². The quantitative estimate of drug-likeness (QED) is 0.215. The van der Waals surface area contributed by atoms with E-state index in [2.05, 4.69) is 4.72 Å². The number of ether oxygens (including phenoxy) is 1. The number of ketones is 1. The average Bonchev–Trinajstić information content (AvgIpc) is 3.10. The average molecular weight is 609 g/mol. The van der Waals surface area contributed by atoms with Crippen molar-refractivity contribution in [3.05, 3.63) is 109 Å². The number of carbonyl (C=O) groups is 2. The molecule has 0 saturated heterocycles. The summed E-state index contributed by atoms with van der Waals surface area (Å²) in [4.78, 5) is 37.8. The van der Waals surface area contributed by atoms with Crippen LogP contribution in [-0.4, -0.2) is 36.1 Å². The van der Waals surface area contributed by atoms with Crippen molar-refractivity contribution in [3.63, 3.8) is 0 Å². The van der Waals surface area contributed by atoms with Gasteiger partial charge in [-0.25, -0.2) is 17.9 Å². The summed E-state index contributed by atoms with van der Waals surface area (Å²) in [5, 5.41) is 0.235. The van der Waals surface area contributed by atoms with Gasteiger partial charge in [0.2, 0.25) is 5.78 Å². The second-order valence-electron chi connectivity index (χ2n) is 8.31. The van der Waals surface area contributed by atoms with Crippen molar-refractivity contribution in [3.8, 4) is 5.69 Å². The molecule has 0 amide bonds. The Bertz CT molecular complexity index is 1770. The second kappa shape index (κ2) is 11.3. The number of Topliss-reactive ketones (excluding diaryl/α,β-unsaturated/α-hetero) is 1. The van der Waals surface area contributed by atoms with Gasteiger partial charge in [-0.05, 0) is 55.5 Å². The standard InChI is InChI=1S/C26H20Cl3N3O6S/c1-15-24(25(34)32(31(15)2)18-6-4-3-5-7-18)30-39(36,37)23-12-16(8-11-20(23)28)26(35)38-14-22(33)19-10-9-17(27)13-21(19)29/h3-13,30H,14H2,1-2H3. The van der Waals surface area contributed by atoms with Gasteiger partial charge in [-0.3, -0.25) is 19.0 Å². The molecule has 39 heavy (non-hydrogen) atoms. The van der Waals surface area contributed by atoms with Crippen molar-refractivity contribution in [1.29, 1.82) is 0 Å². The van der Waals surface area contributed by atoms with Crippen LogP contribution in [0.25, 0.3) is 5.69 Å². The number of para-hydroxylation sites is 1. The SMILES string of the molecule is Cc1c(NS(=O)(=O)c2cc(C(=O)OCC(=O)c3ccc(Cl)cc3Cl)ccc2Cl)c(=O)n(-c2ccccc2)n1C. The molecule has 0 bridgehead atoms. The molecule has 1 aromatic heterocycles. The maximum atomic E-state index is 13.3. The molecule has 4 aromatic rings. The largest absolute Gasteiger partial charge is 0.454 e. The Hall–Kier alpha value is -3.57. The number of sulfonamides is 1. The third-order valence-electron chi connectivity index (χ3n) is 5.81. The highest BCUT2D eigenvalue weighted by molar-refractivity contribution is 7.92. The normalized spacial score (nSPS) is 11.3. The van der Waals surface area contributed by atoms with E-state index >= 15 is 0 Å². The summed E-state index contributed by atoms with van der Waals surface area (Å²) in [7, 11) is -2.81. The zero-order valence-corrected chi connectivity index (χ0v) is 23.5. The van der Waals surface area contributed by atoms with E-state index in [1.165, 1.54) is 39.7 Å². The number of rotatable bonds is 8. The van der Waals surface area contributed by atoms with Crippen molar-refractivity contribution in [2.75, 3.05) is 11.3 Å². The molecule has 0 unspecified atom stereocenters. The van der Waals surface area contributed by atoms with Crippen LogP contribution in [0, 0.1) is 6.92 Å². The van der Waals surface area contributed by atoms with Crippen LogP contribution < -0.4 is 10.3 Å². The monoisotopic (exact) mass is 607 g/mol. The molecule has 1 heterocycles. The Morgan fingerprint density at radius 1 is 0.949 bits per heavy atom. The van der Waals surface area contributed by atoms with E-state index in [1.807, 2.05) is 0 Å². The van der Waals surface area contributed by atoms with E-state index in [-0.39, 0.29) is 26.9 Å². The van der Waals surface area contributed by atoms with Gasteiger partial charge >= 0.3 is 5.97 Å². The fourth-order valence-electron chi connectivity index (χ4n) is 3.72. The number of benzene rings is 3. The van der Waals surface area contributed by atoms with Gasteiger partial charge < -0.3 is 4.74 Å². The number of esters is 1. The summed E-state index contributed by atoms with van der Waals surface area (Å²) >= 11 is 18.0. The predicted octanol–water partition coefficient (Wildman–Crippen LogP) is 5.29. The number of carbonyl (C=O) groups excluding carboxylic acids is 2. The molecule has 9 nitrogen and oxygen atoms in total. The Kier molecular flexibility index (Phi) is 8.22. The van der Waals surface area contributed by atoms with Crippen LogP contribution in [0.3, 0.4) is 0 Å². The summed E-state index contributed by atoms with van der Waals surface area (Å²) in [5.74, 6) is -1.55. The lowest BCUT2D eigenvalue weighted by molar-refractivity contribution is 0.0474. The van der Waals surface area contributed by atoms with Crippen molar-refractivity contribution in [1.82, 2.24) is 9.36 Å². The van der Waals surface area contributed by atoms with Gasteiger partial charge in [0.25, 0.3) is 15.6 Å². The van der Waals surface area contributed by atoms with Gasteiger partial charge in [0.15, 0.2) is 6.61 Å². The summed E-state index contributed by atoms with van der Waals surface area (Å²) in [6, 6.07) is 16.4. The Labute approximate surface area is 238 Å². The zero-order chi connectivity index (χ0) is 28.5. The van der Waals surface area contributed by atoms with Gasteiger partial charge in [-0.15, -0.1) is 0 Å². The van der Waals surface area contributed by atoms with Crippen molar-refractivity contribution >= 4 is 62.3 Å². The smallest absolute Gasteiger partial charge is 0.338 e. The number of aromatic nitrogens is 2. The van der Waals surface area contributed by atoms with Crippen LogP contribution >= 0.6 is 34.8 Å². The van der Waals surface area contributed by atoms with Crippen molar-refractivity contribution in [2.24, 2.45) is 7.05 Å². The highest BCUT2D eigenvalue weighted by atomic mass is 35.5. The first kappa shape index (κ1) is 28.4. The summed E-state index contributed by atoms with van der Waals surface area (Å²) in [6.45, 7) is 0.934. The summed E-state index contributed by atoms with van der Waals surface area (Å²) in [5.41, 5.74) is 0.0269. The zero-order valence-electron chi connectivity index (χ0n) is 20.4. The molecule has 0 aliphatic heterocycles. The fraction of sp³-hybridized carbons (Fsp3) is 0.115. The van der Waals surface area contributed by atoms with Crippen molar-refractivity contribution in [2.45, 2.75) is 11.8 Å². The first-order valence-corrected chi connectivity index (χ1v) is 13.8. The molecular weight excluding hydrogens is 589 g/mol. The number of halogens is 3. The predicted molar refractivity (Wildman–Crippen MR) is 149 cm³/mol. The van der Waals surface area contributed by atoms with Crippen LogP contribution in [0.4, 0.5) is 5.69 Å². The minimum Gasteiger partial charge on any atom is -0.454 e. The molecule has 4 rings (SSSR count). The Balaban J connectivity index is 1.58. The van der Waals surface area contributed by atoms with Gasteiger partial charge in [-0.1, -0.05) is 53.0 Å². The molecular formula is C26H20Cl3N3O6S. The lowest BCUT2D eigenvalue weighted by Crippen LogP contribution is -2.23. The number of hydrogen-bond donors (Lipinski definition) is 1. The van der Waals surface area contributed by atoms with Crippen LogP contribution in [-0.2, 0) is 21.8 Å². The minimum absolute atomic E-state index is 0.0945. The molecule has 202 valence electrons. The number of nitrogens with one attached hydrogen (secondary N) is 1. The van der Waals surface area contributed by atoms with Gasteiger partial charge in [0, 0.05) is 17.6 Å². The van der Waals surface area contributed by atoms with Gasteiger partial charge in [0.1, 0.15) is 10.6 Å². The second-order valence-corrected chi connectivity index (χ2v) is 11.2. The Morgan fingerprint density at radius 2 is 1.64 bits per heavy atom. The van der Waals surface area contributed by atoms with Gasteiger partial charge in [-0.2, -0.15) is 0 Å². The van der Waals surface area contributed by atoms with Crippen LogP contribution in [0.15, 0.2) is 76.4 Å². The molecule has 0 saturated carbocycles. The Morgan fingerprint density at radius 3 is 2.31 bits per heavy atom. The molecule has 1 N–H and O–H groups in total. The summed E-state index contributed by atoms with van der Waals surface area (Å²) in [6.07, 6.45) is 0. The number of anilines is 1. The molecule has 0 aliphatic rings. The van der Waals surface area contributed by atoms with Crippen LogP contribution in [0.5, 0.6) is 0 Å². The number of nitrogens with zero attached hydrogens (tertiary/aromatic N) is 2. The molecule has 0 atom stereocenters. The molecule has 13 heteroatoms. The van der Waals surface area contributed by atoms with Crippen LogP contribution in [0.1, 0.15) is 26.4 Å². The first-order chi connectivity index (χ1) is 18.4. The van der Waals surface area contributed by atoms with E-state index < -0.39 is 38.8 Å². The highest BCUT2D eigenvalue weighted by Crippen LogP contribution is 2.26. The van der Waals surface area contributed by atoms with Gasteiger partial charge in [0.05, 0.1) is 27.0 Å². The number of hydrogen-bond acceptors (Lipinski definition) is 6. The topological polar surface area (TPSA) is 116 Å². The molecule has 0 aliphatic carbocycles. The summed E-state index contributed by atoms with van der Waals surface area (Å²) < 4.78 is 36.8. The fourth-order valence-corrected chi connectivity index (χ4v) is 5.88. The minimum atomic E-state index is -4.43. The van der Waals surface area contributed by atoms with E-state index in [0.29, 0.717) is 16.4 Å². The van der Waals surface area contributed by atoms with E-state index in [1.54, 1.807) is 44.3 Å². The maximum absolute atomic E-state index is 13.3. The third kappa shape index (κ3) is 5.89. The molecule has 0 radical (unpaired) electrons. The van der Waals surface area contributed by atoms with E-state index in [9.17, 15) is 22.8 Å². The van der Waals surface area contributed by atoms with E-state index in [4.69, 9.17) is 39.5 Å².